The Balaban J connectivity index is 3.21. The van der Waals surface area contributed by atoms with Crippen molar-refractivity contribution in [3.8, 4) is 0 Å². The number of ether oxygens (including phenoxy) is 2. The fourth-order valence-electron chi connectivity index (χ4n) is 0.413. The molecule has 0 saturated heterocycles. The Kier molecular flexibility index (Phi) is 5.97. The number of carbonyl (C=O) groups excluding carboxylic acids is 1. The lowest BCUT2D eigenvalue weighted by molar-refractivity contribution is 0.0308. The van der Waals surface area contributed by atoms with Crippen molar-refractivity contribution < 1.29 is 14.3 Å². The smallest absolute Gasteiger partial charge is 0.237 e. The van der Waals surface area contributed by atoms with E-state index in [1.54, 1.807) is 14.0 Å². The molecule has 0 saturated carbocycles. The number of hydrogen-bond donors (Lipinski definition) is 0. The lowest BCUT2D eigenvalue weighted by Crippen LogP contribution is -2.09. The summed E-state index contributed by atoms with van der Waals surface area (Å²) in [5.41, 5.74) is 0. The molecular weight excluding hydrogens is 134 g/mol. The van der Waals surface area contributed by atoms with Gasteiger partial charge in [0.15, 0.2) is 6.23 Å². The predicted octanol–water partition coefficient (Wildman–Crippen LogP) is 0.331. The molecule has 0 amide bonds. The Morgan fingerprint density at radius 2 is 2.30 bits per heavy atom. The zero-order chi connectivity index (χ0) is 7.82. The van der Waals surface area contributed by atoms with Crippen molar-refractivity contribution in [3.63, 3.8) is 0 Å². The highest BCUT2D eigenvalue weighted by atomic mass is 16.5. The van der Waals surface area contributed by atoms with Gasteiger partial charge in [0.2, 0.25) is 6.08 Å². The summed E-state index contributed by atoms with van der Waals surface area (Å²) in [6.45, 7) is 2.63. The maximum Gasteiger partial charge on any atom is 0.237 e. The predicted molar refractivity (Wildman–Crippen MR) is 35.4 cm³/mol. The van der Waals surface area contributed by atoms with Gasteiger partial charge in [0.05, 0.1) is 13.2 Å². The largest absolute Gasteiger partial charge is 0.382 e. The Morgan fingerprint density at radius 3 is 2.80 bits per heavy atom. The van der Waals surface area contributed by atoms with Gasteiger partial charge in [-0.2, -0.15) is 4.99 Å². The Labute approximate surface area is 59.8 Å². The van der Waals surface area contributed by atoms with Crippen LogP contribution in [0.3, 0.4) is 0 Å². The van der Waals surface area contributed by atoms with Crippen molar-refractivity contribution in [2.24, 2.45) is 4.99 Å². The normalized spacial score (nSPS) is 12.2. The summed E-state index contributed by atoms with van der Waals surface area (Å²) in [5.74, 6) is 0. The van der Waals surface area contributed by atoms with Gasteiger partial charge in [-0.15, -0.1) is 0 Å². The zero-order valence-electron chi connectivity index (χ0n) is 6.16. The van der Waals surface area contributed by atoms with E-state index in [0.717, 1.165) is 0 Å². The number of aliphatic imine (C=N–C) groups is 1. The highest BCUT2D eigenvalue weighted by Gasteiger charge is 1.95. The van der Waals surface area contributed by atoms with Crippen LogP contribution in [0.4, 0.5) is 0 Å². The topological polar surface area (TPSA) is 47.9 Å². The average Bonchev–Trinajstić information content (AvgIpc) is 1.89. The van der Waals surface area contributed by atoms with Crippen molar-refractivity contribution in [3.05, 3.63) is 0 Å². The summed E-state index contributed by atoms with van der Waals surface area (Å²) in [6, 6.07) is 0. The first-order valence-electron chi connectivity index (χ1n) is 2.98. The van der Waals surface area contributed by atoms with Crippen LogP contribution in [0.1, 0.15) is 6.92 Å². The van der Waals surface area contributed by atoms with Gasteiger partial charge < -0.3 is 9.47 Å². The molecule has 0 N–H and O–H groups in total. The average molecular weight is 145 g/mol. The van der Waals surface area contributed by atoms with E-state index in [1.807, 2.05) is 0 Å². The van der Waals surface area contributed by atoms with E-state index in [4.69, 9.17) is 9.47 Å². The maximum absolute atomic E-state index is 9.65. The lowest BCUT2D eigenvalue weighted by atomic mass is 10.6. The number of hydrogen-bond acceptors (Lipinski definition) is 4. The molecule has 4 nitrogen and oxygen atoms in total. The molecule has 0 radical (unpaired) electrons. The molecule has 4 heteroatoms. The van der Waals surface area contributed by atoms with E-state index < -0.39 is 6.23 Å². The molecular formula is C6H11NO3. The number of rotatable bonds is 5. The molecule has 0 aliphatic heterocycles. The highest BCUT2D eigenvalue weighted by Crippen LogP contribution is 1.89. The summed E-state index contributed by atoms with van der Waals surface area (Å²) in [7, 11) is 1.58. The van der Waals surface area contributed by atoms with Crippen molar-refractivity contribution >= 4 is 6.08 Å². The summed E-state index contributed by atoms with van der Waals surface area (Å²) in [4.78, 5) is 13.0. The fourth-order valence-corrected chi connectivity index (χ4v) is 0.413. The fraction of sp³-hybridized carbons (Fsp3) is 0.833. The van der Waals surface area contributed by atoms with Crippen molar-refractivity contribution in [2.75, 3.05) is 20.3 Å². The number of methoxy groups -OCH3 is 1. The van der Waals surface area contributed by atoms with Gasteiger partial charge in [0, 0.05) is 7.11 Å². The molecule has 0 heterocycles. The van der Waals surface area contributed by atoms with Crippen LogP contribution in [0.25, 0.3) is 0 Å². The van der Waals surface area contributed by atoms with Crippen molar-refractivity contribution in [1.29, 1.82) is 0 Å². The van der Waals surface area contributed by atoms with Gasteiger partial charge >= 0.3 is 0 Å². The van der Waals surface area contributed by atoms with Gasteiger partial charge in [-0.3, -0.25) is 0 Å². The van der Waals surface area contributed by atoms with Gasteiger partial charge in [-0.05, 0) is 6.92 Å². The van der Waals surface area contributed by atoms with E-state index >= 15 is 0 Å². The van der Waals surface area contributed by atoms with E-state index in [2.05, 4.69) is 4.99 Å². The van der Waals surface area contributed by atoms with E-state index in [0.29, 0.717) is 13.2 Å². The number of isocyanates is 1. The van der Waals surface area contributed by atoms with E-state index in [-0.39, 0.29) is 0 Å². The van der Waals surface area contributed by atoms with Gasteiger partial charge in [0.1, 0.15) is 0 Å². The summed E-state index contributed by atoms with van der Waals surface area (Å²) in [5, 5.41) is 0. The highest BCUT2D eigenvalue weighted by molar-refractivity contribution is 5.32. The third-order valence-corrected chi connectivity index (χ3v) is 0.881. The van der Waals surface area contributed by atoms with Crippen LogP contribution >= 0.6 is 0 Å². The van der Waals surface area contributed by atoms with Gasteiger partial charge in [-0.1, -0.05) is 0 Å². The Morgan fingerprint density at radius 1 is 1.60 bits per heavy atom. The second-order valence-electron chi connectivity index (χ2n) is 1.68. The molecule has 0 fully saturated rings. The molecule has 0 aliphatic rings. The van der Waals surface area contributed by atoms with E-state index in [1.165, 1.54) is 6.08 Å². The van der Waals surface area contributed by atoms with Crippen LogP contribution < -0.4 is 0 Å². The van der Waals surface area contributed by atoms with Crippen molar-refractivity contribution in [1.82, 2.24) is 0 Å². The molecule has 1 atom stereocenters. The maximum atomic E-state index is 9.65. The SMILES string of the molecule is COCCOC(C)N=C=O. The first-order valence-corrected chi connectivity index (χ1v) is 2.98. The molecule has 0 aliphatic carbocycles. The first-order chi connectivity index (χ1) is 4.81. The van der Waals surface area contributed by atoms with Crippen molar-refractivity contribution in [2.45, 2.75) is 13.2 Å². The summed E-state index contributed by atoms with van der Waals surface area (Å²) in [6.07, 6.45) is 0.994. The molecule has 0 aromatic heterocycles. The van der Waals surface area contributed by atoms with Crippen LogP contribution in [0.15, 0.2) is 4.99 Å². The molecule has 0 spiro atoms. The van der Waals surface area contributed by atoms with Gasteiger partial charge in [-0.25, -0.2) is 4.79 Å². The molecule has 0 aromatic carbocycles. The Hall–Kier alpha value is -0.700. The Bertz CT molecular complexity index is 120. The van der Waals surface area contributed by atoms with Crippen LogP contribution in [0.5, 0.6) is 0 Å². The summed E-state index contributed by atoms with van der Waals surface area (Å²) >= 11 is 0. The van der Waals surface area contributed by atoms with E-state index in [9.17, 15) is 4.79 Å². The summed E-state index contributed by atoms with van der Waals surface area (Å²) < 4.78 is 9.67. The quantitative estimate of drug-likeness (QED) is 0.318. The second-order valence-corrected chi connectivity index (χ2v) is 1.68. The molecule has 0 rings (SSSR count). The lowest BCUT2D eigenvalue weighted by Gasteiger charge is -2.04. The second kappa shape index (κ2) is 6.42. The minimum absolute atomic E-state index is 0.410. The number of nitrogens with zero attached hydrogens (tertiary/aromatic N) is 1. The molecule has 0 aromatic rings. The van der Waals surface area contributed by atoms with Gasteiger partial charge in [0.25, 0.3) is 0 Å². The standard InChI is InChI=1S/C6H11NO3/c1-6(7-5-8)10-4-3-9-2/h6H,3-4H2,1-2H3. The van der Waals surface area contributed by atoms with Crippen LogP contribution in [-0.2, 0) is 14.3 Å². The van der Waals surface area contributed by atoms with Crippen LogP contribution in [0.2, 0.25) is 0 Å². The minimum Gasteiger partial charge on any atom is -0.382 e. The third-order valence-electron chi connectivity index (χ3n) is 0.881. The molecule has 1 unspecified atom stereocenters. The monoisotopic (exact) mass is 145 g/mol. The molecule has 10 heavy (non-hydrogen) atoms. The first kappa shape index (κ1) is 9.30. The van der Waals surface area contributed by atoms with Crippen LogP contribution in [0, 0.1) is 0 Å². The van der Waals surface area contributed by atoms with Crippen LogP contribution in [-0.4, -0.2) is 32.6 Å². The molecule has 0 bridgehead atoms. The molecule has 58 valence electrons. The minimum atomic E-state index is -0.410. The zero-order valence-corrected chi connectivity index (χ0v) is 6.16. The third kappa shape index (κ3) is 5.44.